The standard InChI is InChI=1S/C16H13BrN2O/c17-12-4-1-5-14-15(12)20-16(19-14)11-6-7-13-10(9-11)3-2-8-18-13/h1,4-7,9,18H,2-3,8H2. The minimum absolute atomic E-state index is 0.681. The van der Waals surface area contributed by atoms with E-state index in [1.54, 1.807) is 0 Å². The highest BCUT2D eigenvalue weighted by Crippen LogP contribution is 2.32. The summed E-state index contributed by atoms with van der Waals surface area (Å²) in [5.74, 6) is 0.681. The maximum atomic E-state index is 5.90. The van der Waals surface area contributed by atoms with E-state index in [1.807, 2.05) is 18.2 Å². The topological polar surface area (TPSA) is 38.1 Å². The Morgan fingerprint density at radius 2 is 2.15 bits per heavy atom. The van der Waals surface area contributed by atoms with Crippen molar-refractivity contribution >= 4 is 32.7 Å². The van der Waals surface area contributed by atoms with E-state index >= 15 is 0 Å². The third-order valence-corrected chi connectivity index (χ3v) is 4.28. The first-order valence-corrected chi connectivity index (χ1v) is 7.53. The minimum Gasteiger partial charge on any atom is -0.435 e. The van der Waals surface area contributed by atoms with Crippen molar-refractivity contribution in [3.63, 3.8) is 0 Å². The number of halogens is 1. The Hall–Kier alpha value is -1.81. The molecule has 20 heavy (non-hydrogen) atoms. The van der Waals surface area contributed by atoms with E-state index < -0.39 is 0 Å². The smallest absolute Gasteiger partial charge is 0.227 e. The molecule has 0 amide bonds. The van der Waals surface area contributed by atoms with Crippen LogP contribution in [0.15, 0.2) is 45.3 Å². The van der Waals surface area contributed by atoms with Crippen LogP contribution in [0, 0.1) is 0 Å². The van der Waals surface area contributed by atoms with Crippen LogP contribution in [0.25, 0.3) is 22.6 Å². The molecule has 4 rings (SSSR count). The molecule has 0 spiro atoms. The highest BCUT2D eigenvalue weighted by atomic mass is 79.9. The van der Waals surface area contributed by atoms with Gasteiger partial charge in [-0.3, -0.25) is 0 Å². The van der Waals surface area contributed by atoms with Crippen LogP contribution in [0.4, 0.5) is 5.69 Å². The number of para-hydroxylation sites is 1. The monoisotopic (exact) mass is 328 g/mol. The van der Waals surface area contributed by atoms with Crippen molar-refractivity contribution in [2.45, 2.75) is 12.8 Å². The van der Waals surface area contributed by atoms with Crippen LogP contribution in [0.2, 0.25) is 0 Å². The quantitative estimate of drug-likeness (QED) is 0.708. The molecular formula is C16H13BrN2O. The number of benzene rings is 2. The summed E-state index contributed by atoms with van der Waals surface area (Å²) in [6.45, 7) is 1.06. The second-order valence-electron chi connectivity index (χ2n) is 5.01. The van der Waals surface area contributed by atoms with Gasteiger partial charge in [-0.1, -0.05) is 6.07 Å². The zero-order chi connectivity index (χ0) is 13.5. The molecule has 100 valence electrons. The van der Waals surface area contributed by atoms with Crippen molar-refractivity contribution in [1.29, 1.82) is 0 Å². The Morgan fingerprint density at radius 3 is 3.05 bits per heavy atom. The predicted molar refractivity (Wildman–Crippen MR) is 84.0 cm³/mol. The van der Waals surface area contributed by atoms with E-state index in [2.05, 4.69) is 44.4 Å². The van der Waals surface area contributed by atoms with Gasteiger partial charge in [-0.05, 0) is 64.7 Å². The molecule has 2 aromatic carbocycles. The zero-order valence-corrected chi connectivity index (χ0v) is 12.4. The first kappa shape index (κ1) is 12.0. The lowest BCUT2D eigenvalue weighted by Gasteiger charge is -2.17. The number of anilines is 1. The van der Waals surface area contributed by atoms with Crippen LogP contribution in [0.3, 0.4) is 0 Å². The second kappa shape index (κ2) is 4.63. The lowest BCUT2D eigenvalue weighted by molar-refractivity contribution is 0.618. The fourth-order valence-electron chi connectivity index (χ4n) is 2.65. The number of rotatable bonds is 1. The number of nitrogens with one attached hydrogen (secondary N) is 1. The highest BCUT2D eigenvalue weighted by Gasteiger charge is 2.14. The van der Waals surface area contributed by atoms with Crippen LogP contribution >= 0.6 is 15.9 Å². The molecule has 1 aromatic heterocycles. The molecule has 1 aliphatic rings. The molecular weight excluding hydrogens is 316 g/mol. The van der Waals surface area contributed by atoms with E-state index in [9.17, 15) is 0 Å². The van der Waals surface area contributed by atoms with Crippen molar-refractivity contribution in [3.8, 4) is 11.5 Å². The summed E-state index contributed by atoms with van der Waals surface area (Å²) in [6.07, 6.45) is 2.29. The lowest BCUT2D eigenvalue weighted by Crippen LogP contribution is -2.11. The predicted octanol–water partition coefficient (Wildman–Crippen LogP) is 4.62. The van der Waals surface area contributed by atoms with Crippen LogP contribution in [-0.2, 0) is 6.42 Å². The molecule has 0 fully saturated rings. The molecule has 0 saturated carbocycles. The lowest BCUT2D eigenvalue weighted by atomic mass is 10.0. The molecule has 0 saturated heterocycles. The van der Waals surface area contributed by atoms with E-state index in [0.717, 1.165) is 34.1 Å². The highest BCUT2D eigenvalue weighted by molar-refractivity contribution is 9.10. The first-order chi connectivity index (χ1) is 9.81. The average Bonchev–Trinajstić information content (AvgIpc) is 2.92. The van der Waals surface area contributed by atoms with Gasteiger partial charge in [-0.2, -0.15) is 0 Å². The van der Waals surface area contributed by atoms with Crippen LogP contribution in [0.5, 0.6) is 0 Å². The Labute approximate surface area is 125 Å². The van der Waals surface area contributed by atoms with Crippen molar-refractivity contribution in [3.05, 3.63) is 46.4 Å². The summed E-state index contributed by atoms with van der Waals surface area (Å²) in [5, 5.41) is 3.42. The third kappa shape index (κ3) is 1.91. The maximum absolute atomic E-state index is 5.90. The molecule has 3 aromatic rings. The van der Waals surface area contributed by atoms with Gasteiger partial charge in [0.2, 0.25) is 5.89 Å². The molecule has 0 atom stereocenters. The maximum Gasteiger partial charge on any atom is 0.227 e. The first-order valence-electron chi connectivity index (χ1n) is 6.73. The van der Waals surface area contributed by atoms with E-state index in [1.165, 1.54) is 17.7 Å². The van der Waals surface area contributed by atoms with Crippen molar-refractivity contribution in [2.24, 2.45) is 0 Å². The summed E-state index contributed by atoms with van der Waals surface area (Å²) >= 11 is 3.50. The largest absolute Gasteiger partial charge is 0.435 e. The number of aromatic nitrogens is 1. The molecule has 1 N–H and O–H groups in total. The summed E-state index contributed by atoms with van der Waals surface area (Å²) in [7, 11) is 0. The van der Waals surface area contributed by atoms with Gasteiger partial charge in [0.25, 0.3) is 0 Å². The van der Waals surface area contributed by atoms with Crippen molar-refractivity contribution in [2.75, 3.05) is 11.9 Å². The number of hydrogen-bond donors (Lipinski definition) is 1. The van der Waals surface area contributed by atoms with Gasteiger partial charge in [-0.15, -0.1) is 0 Å². The van der Waals surface area contributed by atoms with Gasteiger partial charge in [0.15, 0.2) is 5.58 Å². The van der Waals surface area contributed by atoms with Gasteiger partial charge in [-0.25, -0.2) is 4.98 Å². The number of aryl methyl sites for hydroxylation is 1. The normalized spacial score (nSPS) is 14.1. The van der Waals surface area contributed by atoms with Gasteiger partial charge in [0, 0.05) is 17.8 Å². The van der Waals surface area contributed by atoms with Gasteiger partial charge < -0.3 is 9.73 Å². The van der Waals surface area contributed by atoms with Crippen LogP contribution in [0.1, 0.15) is 12.0 Å². The molecule has 0 aliphatic carbocycles. The molecule has 3 nitrogen and oxygen atoms in total. The van der Waals surface area contributed by atoms with E-state index in [4.69, 9.17) is 4.42 Å². The van der Waals surface area contributed by atoms with Gasteiger partial charge in [0.05, 0.1) is 4.47 Å². The van der Waals surface area contributed by atoms with Crippen LogP contribution < -0.4 is 5.32 Å². The number of hydrogen-bond acceptors (Lipinski definition) is 3. The third-order valence-electron chi connectivity index (χ3n) is 3.66. The molecule has 0 bridgehead atoms. The zero-order valence-electron chi connectivity index (χ0n) is 10.8. The summed E-state index contributed by atoms with van der Waals surface area (Å²) in [4.78, 5) is 4.58. The minimum atomic E-state index is 0.681. The molecule has 1 aliphatic heterocycles. The molecule has 4 heteroatoms. The summed E-state index contributed by atoms with van der Waals surface area (Å²) in [5.41, 5.74) is 5.30. The van der Waals surface area contributed by atoms with Gasteiger partial charge in [0.1, 0.15) is 5.52 Å². The molecule has 0 radical (unpaired) electrons. The van der Waals surface area contributed by atoms with E-state index in [-0.39, 0.29) is 0 Å². The Bertz CT molecular complexity index is 794. The molecule has 2 heterocycles. The van der Waals surface area contributed by atoms with Crippen molar-refractivity contribution < 1.29 is 4.42 Å². The van der Waals surface area contributed by atoms with Crippen molar-refractivity contribution in [1.82, 2.24) is 4.98 Å². The van der Waals surface area contributed by atoms with E-state index in [0.29, 0.717) is 5.89 Å². The number of oxazole rings is 1. The van der Waals surface area contributed by atoms with Crippen LogP contribution in [-0.4, -0.2) is 11.5 Å². The summed E-state index contributed by atoms with van der Waals surface area (Å²) < 4.78 is 6.84. The fourth-order valence-corrected chi connectivity index (χ4v) is 3.08. The molecule has 0 unspecified atom stereocenters. The Kier molecular flexibility index (Phi) is 2.77. The Morgan fingerprint density at radius 1 is 1.20 bits per heavy atom. The fraction of sp³-hybridized carbons (Fsp3) is 0.188. The average molecular weight is 329 g/mol. The second-order valence-corrected chi connectivity index (χ2v) is 5.86. The summed E-state index contributed by atoms with van der Waals surface area (Å²) in [6, 6.07) is 12.3. The number of fused-ring (bicyclic) bond motifs is 2. The Balaban J connectivity index is 1.84. The number of nitrogens with zero attached hydrogens (tertiary/aromatic N) is 1. The SMILES string of the molecule is Brc1cccc2nc(-c3ccc4c(c3)CCCN4)oc12. The van der Waals surface area contributed by atoms with Gasteiger partial charge >= 0.3 is 0 Å².